The minimum absolute atomic E-state index is 0.111. The van der Waals surface area contributed by atoms with E-state index in [0.29, 0.717) is 5.92 Å². The number of fused-ring (bicyclic) bond motifs is 1. The van der Waals surface area contributed by atoms with Crippen molar-refractivity contribution in [3.05, 3.63) is 47.5 Å². The lowest BCUT2D eigenvalue weighted by Crippen LogP contribution is -2.40. The Morgan fingerprint density at radius 3 is 2.69 bits per heavy atom. The quantitative estimate of drug-likeness (QED) is 0.893. The molecule has 2 aliphatic heterocycles. The first-order valence-electron chi connectivity index (χ1n) is 9.27. The van der Waals surface area contributed by atoms with Crippen molar-refractivity contribution in [1.29, 1.82) is 0 Å². The summed E-state index contributed by atoms with van der Waals surface area (Å²) in [6.45, 7) is 4.32. The van der Waals surface area contributed by atoms with Crippen molar-refractivity contribution in [3.8, 4) is 0 Å². The van der Waals surface area contributed by atoms with Crippen molar-refractivity contribution in [2.45, 2.75) is 37.1 Å². The van der Waals surface area contributed by atoms with Crippen molar-refractivity contribution in [3.63, 3.8) is 0 Å². The number of nitrogens with one attached hydrogen (secondary N) is 1. The third-order valence-electron chi connectivity index (χ3n) is 5.39. The summed E-state index contributed by atoms with van der Waals surface area (Å²) in [5, 5.41) is 12.0. The summed E-state index contributed by atoms with van der Waals surface area (Å²) in [5.41, 5.74) is 1.09. The Kier molecular flexibility index (Phi) is 5.26. The van der Waals surface area contributed by atoms with E-state index in [4.69, 9.17) is 0 Å². The lowest BCUT2D eigenvalue weighted by molar-refractivity contribution is -0.131. The van der Waals surface area contributed by atoms with Crippen molar-refractivity contribution in [2.75, 3.05) is 25.9 Å². The van der Waals surface area contributed by atoms with E-state index in [1.807, 2.05) is 41.5 Å². The Hall–Kier alpha value is -1.86. The van der Waals surface area contributed by atoms with Crippen LogP contribution >= 0.6 is 11.8 Å². The van der Waals surface area contributed by atoms with Crippen LogP contribution in [0.4, 0.5) is 0 Å². The maximum atomic E-state index is 13.0. The second kappa shape index (κ2) is 7.80. The first-order chi connectivity index (χ1) is 12.8. The van der Waals surface area contributed by atoms with Crippen LogP contribution in [0, 0.1) is 0 Å². The molecule has 6 nitrogen and oxygen atoms in total. The van der Waals surface area contributed by atoms with Gasteiger partial charge in [0, 0.05) is 32.1 Å². The van der Waals surface area contributed by atoms with Gasteiger partial charge in [-0.25, -0.2) is 0 Å². The van der Waals surface area contributed by atoms with E-state index in [1.165, 1.54) is 0 Å². The van der Waals surface area contributed by atoms with Crippen LogP contribution < -0.4 is 5.32 Å². The number of amides is 1. The third-order valence-corrected chi connectivity index (χ3v) is 6.33. The van der Waals surface area contributed by atoms with Gasteiger partial charge in [-0.15, -0.1) is 22.0 Å². The molecule has 1 amide bonds. The normalized spacial score (nSPS) is 19.2. The summed E-state index contributed by atoms with van der Waals surface area (Å²) >= 11 is 1.62. The van der Waals surface area contributed by atoms with Gasteiger partial charge in [-0.1, -0.05) is 30.3 Å². The number of piperidine rings is 1. The largest absolute Gasteiger partial charge is 0.341 e. The first-order valence-corrected chi connectivity index (χ1v) is 10.6. The maximum absolute atomic E-state index is 13.0. The molecule has 2 aliphatic rings. The maximum Gasteiger partial charge on any atom is 0.240 e. The third kappa shape index (κ3) is 3.38. The van der Waals surface area contributed by atoms with Gasteiger partial charge in [0.1, 0.15) is 16.9 Å². The van der Waals surface area contributed by atoms with Gasteiger partial charge in [-0.2, -0.15) is 0 Å². The fourth-order valence-electron chi connectivity index (χ4n) is 3.95. The van der Waals surface area contributed by atoms with E-state index >= 15 is 0 Å². The fourth-order valence-corrected chi connectivity index (χ4v) is 4.73. The van der Waals surface area contributed by atoms with Crippen LogP contribution in [0.2, 0.25) is 0 Å². The molecule has 1 fully saturated rings. The van der Waals surface area contributed by atoms with Crippen LogP contribution in [0.5, 0.6) is 0 Å². The van der Waals surface area contributed by atoms with Crippen LogP contribution in [-0.4, -0.2) is 51.5 Å². The number of hydrogen-bond donors (Lipinski definition) is 1. The lowest BCUT2D eigenvalue weighted by atomic mass is 9.95. The van der Waals surface area contributed by atoms with Crippen LogP contribution in [0.1, 0.15) is 41.2 Å². The van der Waals surface area contributed by atoms with Gasteiger partial charge in [0.25, 0.3) is 0 Å². The van der Waals surface area contributed by atoms with Gasteiger partial charge in [-0.3, -0.25) is 4.79 Å². The van der Waals surface area contributed by atoms with Gasteiger partial charge in [0.05, 0.1) is 6.54 Å². The highest BCUT2D eigenvalue weighted by Gasteiger charge is 2.31. The van der Waals surface area contributed by atoms with Crippen molar-refractivity contribution >= 4 is 17.7 Å². The van der Waals surface area contributed by atoms with E-state index in [0.717, 1.165) is 62.8 Å². The topological polar surface area (TPSA) is 63.1 Å². The number of thioether (sulfide) groups is 1. The molecule has 0 bridgehead atoms. The average molecular weight is 372 g/mol. The Morgan fingerprint density at radius 2 is 1.96 bits per heavy atom. The molecule has 7 heteroatoms. The second-order valence-electron chi connectivity index (χ2n) is 6.93. The number of carbonyl (C=O) groups excluding carboxylic acids is 1. The average Bonchev–Trinajstić information content (AvgIpc) is 3.13. The number of likely N-dealkylation sites (tertiary alicyclic amines) is 1. The summed E-state index contributed by atoms with van der Waals surface area (Å²) in [7, 11) is 0. The molecule has 1 N–H and O–H groups in total. The summed E-state index contributed by atoms with van der Waals surface area (Å²) < 4.78 is 2.27. The highest BCUT2D eigenvalue weighted by atomic mass is 32.2. The highest BCUT2D eigenvalue weighted by molar-refractivity contribution is 7.99. The van der Waals surface area contributed by atoms with Crippen molar-refractivity contribution < 1.29 is 4.79 Å². The Balaban J connectivity index is 1.42. The molecule has 138 valence electrons. The van der Waals surface area contributed by atoms with Crippen LogP contribution in [0.25, 0.3) is 0 Å². The van der Waals surface area contributed by atoms with Crippen molar-refractivity contribution in [2.24, 2.45) is 0 Å². The summed E-state index contributed by atoms with van der Waals surface area (Å²) in [6, 6.07) is 10.1. The standard InChI is InChI=1S/C19H25N5OS/c1-26-17(14-5-3-2-4-6-14)19(25)23-10-7-15(8-11-23)18-22-21-16-13-20-9-12-24(16)18/h2-6,15,17,20H,7-13H2,1H3. The first kappa shape index (κ1) is 17.5. The molecule has 2 aromatic rings. The van der Waals surface area contributed by atoms with Gasteiger partial charge in [-0.05, 0) is 24.7 Å². The number of benzene rings is 1. The molecule has 1 atom stereocenters. The zero-order chi connectivity index (χ0) is 17.9. The molecule has 3 heterocycles. The van der Waals surface area contributed by atoms with Gasteiger partial charge < -0.3 is 14.8 Å². The molecule has 0 spiro atoms. The SMILES string of the molecule is CSC(C(=O)N1CCC(c2nnc3n2CCNC3)CC1)c1ccccc1. The monoisotopic (exact) mass is 371 g/mol. The molecule has 4 rings (SSSR count). The number of carbonyl (C=O) groups is 1. The summed E-state index contributed by atoms with van der Waals surface area (Å²) in [5.74, 6) is 2.78. The molecular formula is C19H25N5OS. The zero-order valence-electron chi connectivity index (χ0n) is 15.1. The molecule has 1 aromatic heterocycles. The molecule has 1 unspecified atom stereocenters. The van der Waals surface area contributed by atoms with E-state index in [-0.39, 0.29) is 11.2 Å². The highest BCUT2D eigenvalue weighted by Crippen LogP contribution is 2.33. The van der Waals surface area contributed by atoms with Gasteiger partial charge >= 0.3 is 0 Å². The van der Waals surface area contributed by atoms with E-state index in [1.54, 1.807) is 11.8 Å². The van der Waals surface area contributed by atoms with E-state index in [9.17, 15) is 4.79 Å². The van der Waals surface area contributed by atoms with E-state index in [2.05, 4.69) is 20.1 Å². The Bertz CT molecular complexity index is 755. The minimum atomic E-state index is -0.111. The molecule has 1 saturated heterocycles. The minimum Gasteiger partial charge on any atom is -0.341 e. The molecular weight excluding hydrogens is 346 g/mol. The number of hydrogen-bond acceptors (Lipinski definition) is 5. The molecule has 0 aliphatic carbocycles. The number of nitrogens with zero attached hydrogens (tertiary/aromatic N) is 4. The van der Waals surface area contributed by atoms with Crippen LogP contribution in [0.15, 0.2) is 30.3 Å². The Morgan fingerprint density at radius 1 is 1.19 bits per heavy atom. The van der Waals surface area contributed by atoms with Crippen LogP contribution in [0.3, 0.4) is 0 Å². The van der Waals surface area contributed by atoms with Crippen LogP contribution in [-0.2, 0) is 17.9 Å². The van der Waals surface area contributed by atoms with Gasteiger partial charge in [0.15, 0.2) is 0 Å². The number of rotatable bonds is 4. The predicted octanol–water partition coefficient (Wildman–Crippen LogP) is 2.19. The molecule has 26 heavy (non-hydrogen) atoms. The number of aromatic nitrogens is 3. The molecule has 0 radical (unpaired) electrons. The Labute approximate surface area is 158 Å². The van der Waals surface area contributed by atoms with Crippen molar-refractivity contribution in [1.82, 2.24) is 25.0 Å². The van der Waals surface area contributed by atoms with Gasteiger partial charge in [0.2, 0.25) is 5.91 Å². The predicted molar refractivity (Wildman–Crippen MR) is 103 cm³/mol. The second-order valence-corrected chi connectivity index (χ2v) is 7.87. The summed E-state index contributed by atoms with van der Waals surface area (Å²) in [6.07, 6.45) is 3.94. The zero-order valence-corrected chi connectivity index (χ0v) is 15.9. The lowest BCUT2D eigenvalue weighted by Gasteiger charge is -2.34. The smallest absolute Gasteiger partial charge is 0.240 e. The fraction of sp³-hybridized carbons (Fsp3) is 0.526. The summed E-state index contributed by atoms with van der Waals surface area (Å²) in [4.78, 5) is 15.0. The molecule has 1 aromatic carbocycles. The molecule has 0 saturated carbocycles. The van der Waals surface area contributed by atoms with E-state index < -0.39 is 0 Å².